The summed E-state index contributed by atoms with van der Waals surface area (Å²) in [6.07, 6.45) is 3.89. The average Bonchev–Trinajstić information content (AvgIpc) is 2.99. The molecule has 0 aliphatic rings. The average molecular weight is 227 g/mol. The zero-order valence-electron chi connectivity index (χ0n) is 9.30. The molecule has 0 aliphatic heterocycles. The zero-order valence-corrected chi connectivity index (χ0v) is 9.30. The molecule has 3 rings (SSSR count). The lowest BCUT2D eigenvalue weighted by Gasteiger charge is -2.01. The molecule has 5 nitrogen and oxygen atoms in total. The van der Waals surface area contributed by atoms with Crippen LogP contribution in [0.15, 0.2) is 42.7 Å². The number of nitrogens with zero attached hydrogens (tertiary/aromatic N) is 3. The summed E-state index contributed by atoms with van der Waals surface area (Å²) in [5.74, 6) is 0.923. The molecule has 0 atom stereocenters. The fourth-order valence-corrected chi connectivity index (χ4v) is 1.80. The molecule has 0 unspecified atom stereocenters. The second kappa shape index (κ2) is 4.39. The van der Waals surface area contributed by atoms with Gasteiger partial charge in [-0.05, 0) is 24.3 Å². The summed E-state index contributed by atoms with van der Waals surface area (Å²) < 4.78 is 1.99. The summed E-state index contributed by atoms with van der Waals surface area (Å²) in [7, 11) is 0. The molecule has 86 valence electrons. The van der Waals surface area contributed by atoms with Crippen molar-refractivity contribution in [1.29, 1.82) is 0 Å². The maximum Gasteiger partial charge on any atom is 0.160 e. The smallest absolute Gasteiger partial charge is 0.160 e. The molecule has 0 saturated heterocycles. The van der Waals surface area contributed by atoms with Gasteiger partial charge in [-0.2, -0.15) is 0 Å². The maximum atomic E-state index is 4.15. The first-order valence-corrected chi connectivity index (χ1v) is 5.55. The summed E-state index contributed by atoms with van der Waals surface area (Å²) in [4.78, 5) is 3.15. The lowest BCUT2D eigenvalue weighted by molar-refractivity contribution is 0.649. The van der Waals surface area contributed by atoms with Crippen molar-refractivity contribution in [3.8, 4) is 0 Å². The Labute approximate surface area is 98.5 Å². The molecule has 0 fully saturated rings. The molecule has 0 aliphatic carbocycles. The second-order valence-electron chi connectivity index (χ2n) is 3.84. The number of aromatic nitrogens is 4. The minimum Gasteiger partial charge on any atom is -0.364 e. The molecule has 0 saturated carbocycles. The van der Waals surface area contributed by atoms with Crippen molar-refractivity contribution < 1.29 is 0 Å². The highest BCUT2D eigenvalue weighted by Gasteiger charge is 2.03. The first-order valence-electron chi connectivity index (χ1n) is 5.55. The normalized spacial score (nSPS) is 11.1. The molecule has 3 heterocycles. The van der Waals surface area contributed by atoms with E-state index in [9.17, 15) is 0 Å². The van der Waals surface area contributed by atoms with E-state index >= 15 is 0 Å². The molecule has 0 spiro atoms. The molecule has 0 bridgehead atoms. The molecule has 5 heteroatoms. The standard InChI is InChI=1S/C12H13N5/c1-2-7-17-11(5-1)15-16-12(17)9-13-8-10-4-3-6-14-10/h1-7,13-14H,8-9H2. The Kier molecular flexibility index (Phi) is 2.59. The van der Waals surface area contributed by atoms with Crippen LogP contribution in [0.1, 0.15) is 11.5 Å². The van der Waals surface area contributed by atoms with Gasteiger partial charge < -0.3 is 10.3 Å². The Morgan fingerprint density at radius 2 is 2.12 bits per heavy atom. The van der Waals surface area contributed by atoms with Crippen LogP contribution in [-0.2, 0) is 13.1 Å². The van der Waals surface area contributed by atoms with Gasteiger partial charge in [0.05, 0.1) is 6.54 Å². The summed E-state index contributed by atoms with van der Waals surface area (Å²) in [5, 5.41) is 11.6. The van der Waals surface area contributed by atoms with Crippen LogP contribution in [-0.4, -0.2) is 19.6 Å². The minimum atomic E-state index is 0.699. The Hall–Kier alpha value is -2.14. The Bertz CT molecular complexity index is 596. The van der Waals surface area contributed by atoms with E-state index in [0.29, 0.717) is 6.54 Å². The van der Waals surface area contributed by atoms with E-state index in [1.165, 1.54) is 5.69 Å². The second-order valence-corrected chi connectivity index (χ2v) is 3.84. The highest BCUT2D eigenvalue weighted by Crippen LogP contribution is 2.02. The van der Waals surface area contributed by atoms with Crippen LogP contribution >= 0.6 is 0 Å². The van der Waals surface area contributed by atoms with Crippen molar-refractivity contribution in [2.24, 2.45) is 0 Å². The monoisotopic (exact) mass is 227 g/mol. The first kappa shape index (κ1) is 10.0. The predicted molar refractivity (Wildman–Crippen MR) is 64.3 cm³/mol. The van der Waals surface area contributed by atoms with Gasteiger partial charge in [-0.3, -0.25) is 4.40 Å². The largest absolute Gasteiger partial charge is 0.364 e. The molecule has 3 aromatic rings. The van der Waals surface area contributed by atoms with Gasteiger partial charge >= 0.3 is 0 Å². The predicted octanol–water partition coefficient (Wildman–Crippen LogP) is 1.35. The van der Waals surface area contributed by atoms with E-state index in [1.807, 2.05) is 41.1 Å². The van der Waals surface area contributed by atoms with Crippen molar-refractivity contribution in [2.75, 3.05) is 0 Å². The number of pyridine rings is 1. The van der Waals surface area contributed by atoms with Gasteiger partial charge in [-0.1, -0.05) is 6.07 Å². The molecule has 3 aromatic heterocycles. The molecule has 2 N–H and O–H groups in total. The van der Waals surface area contributed by atoms with Gasteiger partial charge in [0.1, 0.15) is 0 Å². The van der Waals surface area contributed by atoms with Gasteiger partial charge in [-0.25, -0.2) is 0 Å². The summed E-state index contributed by atoms with van der Waals surface area (Å²) in [6, 6.07) is 9.92. The van der Waals surface area contributed by atoms with Crippen LogP contribution in [0.4, 0.5) is 0 Å². The third-order valence-corrected chi connectivity index (χ3v) is 2.65. The number of nitrogens with one attached hydrogen (secondary N) is 2. The van der Waals surface area contributed by atoms with Crippen LogP contribution in [0.2, 0.25) is 0 Å². The summed E-state index contributed by atoms with van der Waals surface area (Å²) in [5.41, 5.74) is 2.04. The van der Waals surface area contributed by atoms with Crippen molar-refractivity contribution in [1.82, 2.24) is 24.9 Å². The lowest BCUT2D eigenvalue weighted by Crippen LogP contribution is -2.15. The highest BCUT2D eigenvalue weighted by atomic mass is 15.3. The SMILES string of the molecule is c1c[nH]c(CNCc2nnc3ccccn23)c1. The highest BCUT2D eigenvalue weighted by molar-refractivity contribution is 5.36. The Morgan fingerprint density at radius 3 is 3.00 bits per heavy atom. The van der Waals surface area contributed by atoms with Crippen LogP contribution in [0, 0.1) is 0 Å². The Morgan fingerprint density at radius 1 is 1.12 bits per heavy atom. The van der Waals surface area contributed by atoms with Crippen LogP contribution in [0.5, 0.6) is 0 Å². The number of H-pyrrole nitrogens is 1. The first-order chi connectivity index (χ1) is 8.43. The quantitative estimate of drug-likeness (QED) is 0.707. The van der Waals surface area contributed by atoms with Crippen LogP contribution < -0.4 is 5.32 Å². The van der Waals surface area contributed by atoms with E-state index in [-0.39, 0.29) is 0 Å². The fourth-order valence-electron chi connectivity index (χ4n) is 1.80. The van der Waals surface area contributed by atoms with Gasteiger partial charge in [0.15, 0.2) is 11.5 Å². The fraction of sp³-hybridized carbons (Fsp3) is 0.167. The summed E-state index contributed by atoms with van der Waals surface area (Å²) in [6.45, 7) is 1.50. The molecule has 17 heavy (non-hydrogen) atoms. The van der Waals surface area contributed by atoms with Crippen LogP contribution in [0.3, 0.4) is 0 Å². The van der Waals surface area contributed by atoms with Crippen molar-refractivity contribution in [3.05, 3.63) is 54.2 Å². The topological polar surface area (TPSA) is 58.0 Å². The van der Waals surface area contributed by atoms with E-state index in [4.69, 9.17) is 0 Å². The third-order valence-electron chi connectivity index (χ3n) is 2.65. The van der Waals surface area contributed by atoms with Crippen molar-refractivity contribution >= 4 is 5.65 Å². The van der Waals surface area contributed by atoms with Crippen molar-refractivity contribution in [2.45, 2.75) is 13.1 Å². The van der Waals surface area contributed by atoms with Gasteiger partial charge in [-0.15, -0.1) is 10.2 Å². The number of fused-ring (bicyclic) bond motifs is 1. The van der Waals surface area contributed by atoms with E-state index < -0.39 is 0 Å². The minimum absolute atomic E-state index is 0.699. The number of aromatic amines is 1. The molecule has 0 radical (unpaired) electrons. The number of hydrogen-bond donors (Lipinski definition) is 2. The lowest BCUT2D eigenvalue weighted by atomic mass is 10.4. The van der Waals surface area contributed by atoms with Gasteiger partial charge in [0.25, 0.3) is 0 Å². The Balaban J connectivity index is 1.69. The van der Waals surface area contributed by atoms with E-state index in [0.717, 1.165) is 18.0 Å². The van der Waals surface area contributed by atoms with Gasteiger partial charge in [0, 0.05) is 24.6 Å². The zero-order chi connectivity index (χ0) is 11.5. The molecule has 0 amide bonds. The molecular formula is C12H13N5. The molecule has 0 aromatic carbocycles. The van der Waals surface area contributed by atoms with E-state index in [2.05, 4.69) is 26.6 Å². The van der Waals surface area contributed by atoms with Crippen LogP contribution in [0.25, 0.3) is 5.65 Å². The molecular weight excluding hydrogens is 214 g/mol. The number of rotatable bonds is 4. The van der Waals surface area contributed by atoms with E-state index in [1.54, 1.807) is 0 Å². The number of hydrogen-bond acceptors (Lipinski definition) is 3. The van der Waals surface area contributed by atoms with Crippen molar-refractivity contribution in [3.63, 3.8) is 0 Å². The van der Waals surface area contributed by atoms with Gasteiger partial charge in [0.2, 0.25) is 0 Å². The maximum absolute atomic E-state index is 4.15. The third kappa shape index (κ3) is 2.05. The summed E-state index contributed by atoms with van der Waals surface area (Å²) >= 11 is 0.